The highest BCUT2D eigenvalue weighted by molar-refractivity contribution is 6.25. The Morgan fingerprint density at radius 1 is 0.947 bits per heavy atom. The van der Waals surface area contributed by atoms with E-state index in [0.717, 1.165) is 49.8 Å². The summed E-state index contributed by atoms with van der Waals surface area (Å²) in [6, 6.07) is 11.3. The van der Waals surface area contributed by atoms with Gasteiger partial charge in [0.05, 0.1) is 18.8 Å². The number of carbonyl (C=O) groups excluding carboxylic acids is 2. The number of piperazine rings is 1. The van der Waals surface area contributed by atoms with Gasteiger partial charge in [0.2, 0.25) is 0 Å². The van der Waals surface area contributed by atoms with Gasteiger partial charge in [0, 0.05) is 62.3 Å². The Hall–Kier alpha value is -2.03. The van der Waals surface area contributed by atoms with Crippen molar-refractivity contribution in [2.24, 2.45) is 11.3 Å². The lowest BCUT2D eigenvalue weighted by Gasteiger charge is -2.39. The molecule has 208 valence electrons. The zero-order valence-corrected chi connectivity index (χ0v) is 23.7. The highest BCUT2D eigenvalue weighted by atomic mass is 35.5. The lowest BCUT2D eigenvalue weighted by Crippen LogP contribution is -2.51. The molecular weight excluding hydrogens is 502 g/mol. The van der Waals surface area contributed by atoms with Crippen LogP contribution in [0.3, 0.4) is 0 Å². The lowest BCUT2D eigenvalue weighted by atomic mass is 9.71. The van der Waals surface area contributed by atoms with Crippen molar-refractivity contribution in [3.63, 3.8) is 0 Å². The van der Waals surface area contributed by atoms with Gasteiger partial charge in [-0.15, -0.1) is 12.4 Å². The second kappa shape index (κ2) is 12.0. The molecule has 1 N–H and O–H groups in total. The molecule has 3 aliphatic rings. The first kappa shape index (κ1) is 29.0. The molecule has 5 rings (SSSR count). The van der Waals surface area contributed by atoms with Crippen LogP contribution in [0, 0.1) is 11.3 Å². The van der Waals surface area contributed by atoms with E-state index in [1.165, 1.54) is 11.3 Å². The van der Waals surface area contributed by atoms with Gasteiger partial charge < -0.3 is 9.84 Å². The first-order valence-electron chi connectivity index (χ1n) is 13.8. The number of hydrogen-bond acceptors (Lipinski definition) is 6. The standard InChI is InChI=1S/C30H41N3O4.ClH/c1-21-16-24(18-30(2,3)17-21)37-20-23(34)19-32-12-10-31(11-13-32)14-15-33-28(35)25-8-4-6-22-7-5-9-26(27(22)25)29(33)36;/h4-9,21,23-24,34H,10-20H2,1-3H3;1H. The predicted octanol–water partition coefficient (Wildman–Crippen LogP) is 4.07. The van der Waals surface area contributed by atoms with Gasteiger partial charge >= 0.3 is 0 Å². The van der Waals surface area contributed by atoms with Crippen molar-refractivity contribution in [1.82, 2.24) is 14.7 Å². The summed E-state index contributed by atoms with van der Waals surface area (Å²) in [5, 5.41) is 12.3. The number of rotatable bonds is 8. The van der Waals surface area contributed by atoms with Crippen molar-refractivity contribution in [1.29, 1.82) is 0 Å². The molecule has 2 aliphatic heterocycles. The van der Waals surface area contributed by atoms with E-state index < -0.39 is 6.10 Å². The third kappa shape index (κ3) is 6.40. The minimum Gasteiger partial charge on any atom is -0.389 e. The zero-order valence-electron chi connectivity index (χ0n) is 22.9. The van der Waals surface area contributed by atoms with E-state index in [9.17, 15) is 14.7 Å². The molecule has 1 aliphatic carbocycles. The molecule has 1 saturated heterocycles. The van der Waals surface area contributed by atoms with Crippen molar-refractivity contribution in [2.45, 2.75) is 52.2 Å². The van der Waals surface area contributed by atoms with Crippen molar-refractivity contribution in [3.8, 4) is 0 Å². The fourth-order valence-electron chi connectivity index (χ4n) is 6.70. The molecule has 2 heterocycles. The van der Waals surface area contributed by atoms with Crippen LogP contribution < -0.4 is 0 Å². The second-order valence-corrected chi connectivity index (χ2v) is 12.1. The van der Waals surface area contributed by atoms with Crippen LogP contribution in [0.5, 0.6) is 0 Å². The number of carbonyl (C=O) groups is 2. The van der Waals surface area contributed by atoms with E-state index >= 15 is 0 Å². The van der Waals surface area contributed by atoms with Gasteiger partial charge in [0.15, 0.2) is 0 Å². The Balaban J connectivity index is 0.00000336. The van der Waals surface area contributed by atoms with Gasteiger partial charge in [-0.3, -0.25) is 24.3 Å². The van der Waals surface area contributed by atoms with E-state index in [1.54, 1.807) is 0 Å². The van der Waals surface area contributed by atoms with Crippen LogP contribution in [-0.2, 0) is 4.74 Å². The number of aliphatic hydroxyl groups is 1. The zero-order chi connectivity index (χ0) is 26.2. The molecule has 8 heteroatoms. The highest BCUT2D eigenvalue weighted by Crippen LogP contribution is 2.39. The molecule has 3 unspecified atom stereocenters. The first-order chi connectivity index (χ1) is 17.7. The molecule has 2 fully saturated rings. The number of hydrogen-bond donors (Lipinski definition) is 1. The molecule has 1 saturated carbocycles. The van der Waals surface area contributed by atoms with Crippen LogP contribution >= 0.6 is 12.4 Å². The SMILES string of the molecule is CC1CC(OCC(O)CN2CCN(CCN3C(=O)c4cccc5cccc(c45)C3=O)CC2)CC(C)(C)C1.Cl. The summed E-state index contributed by atoms with van der Waals surface area (Å²) in [7, 11) is 0. The quantitative estimate of drug-likeness (QED) is 0.506. The molecule has 2 aromatic carbocycles. The minimum absolute atomic E-state index is 0. The summed E-state index contributed by atoms with van der Waals surface area (Å²) in [6.07, 6.45) is 3.13. The van der Waals surface area contributed by atoms with Crippen LogP contribution in [0.25, 0.3) is 10.8 Å². The number of amides is 2. The first-order valence-corrected chi connectivity index (χ1v) is 13.8. The maximum absolute atomic E-state index is 13.1. The van der Waals surface area contributed by atoms with Gasteiger partial charge in [-0.2, -0.15) is 0 Å². The largest absolute Gasteiger partial charge is 0.389 e. The summed E-state index contributed by atoms with van der Waals surface area (Å²) < 4.78 is 6.13. The molecule has 2 amide bonds. The maximum atomic E-state index is 13.1. The lowest BCUT2D eigenvalue weighted by molar-refractivity contribution is -0.0633. The monoisotopic (exact) mass is 543 g/mol. The second-order valence-electron chi connectivity index (χ2n) is 12.1. The fourth-order valence-corrected chi connectivity index (χ4v) is 6.70. The topological polar surface area (TPSA) is 73.3 Å². The van der Waals surface area contributed by atoms with Gasteiger partial charge in [-0.05, 0) is 48.1 Å². The number of benzene rings is 2. The van der Waals surface area contributed by atoms with Crippen molar-refractivity contribution < 1.29 is 19.4 Å². The number of nitrogens with zero attached hydrogens (tertiary/aromatic N) is 3. The summed E-state index contributed by atoms with van der Waals surface area (Å²) in [5.74, 6) is 0.261. The average molecular weight is 544 g/mol. The number of aliphatic hydroxyl groups excluding tert-OH is 1. The minimum atomic E-state index is -0.488. The van der Waals surface area contributed by atoms with Gasteiger partial charge in [-0.25, -0.2) is 0 Å². The molecule has 7 nitrogen and oxygen atoms in total. The Morgan fingerprint density at radius 3 is 2.16 bits per heavy atom. The smallest absolute Gasteiger partial charge is 0.261 e. The Morgan fingerprint density at radius 2 is 1.55 bits per heavy atom. The Labute approximate surface area is 232 Å². The fraction of sp³-hybridized carbons (Fsp3) is 0.600. The van der Waals surface area contributed by atoms with Gasteiger partial charge in [-0.1, -0.05) is 45.0 Å². The number of imide groups is 1. The normalized spacial score (nSPS) is 24.9. The maximum Gasteiger partial charge on any atom is 0.261 e. The van der Waals surface area contributed by atoms with Crippen molar-refractivity contribution in [2.75, 3.05) is 52.4 Å². The molecule has 0 aromatic heterocycles. The van der Waals surface area contributed by atoms with Crippen LogP contribution in [-0.4, -0.2) is 96.2 Å². The van der Waals surface area contributed by atoms with E-state index in [-0.39, 0.29) is 30.3 Å². The van der Waals surface area contributed by atoms with Crippen LogP contribution in [0.4, 0.5) is 0 Å². The van der Waals surface area contributed by atoms with E-state index in [2.05, 4.69) is 30.6 Å². The molecule has 0 bridgehead atoms. The summed E-state index contributed by atoms with van der Waals surface area (Å²) >= 11 is 0. The number of β-amino-alcohol motifs (C(OH)–C–C–N with tert-alkyl or cyclic N) is 1. The van der Waals surface area contributed by atoms with E-state index in [4.69, 9.17) is 4.74 Å². The molecule has 0 spiro atoms. The average Bonchev–Trinajstić information content (AvgIpc) is 2.85. The highest BCUT2D eigenvalue weighted by Gasteiger charge is 2.34. The molecule has 2 aromatic rings. The van der Waals surface area contributed by atoms with Crippen LogP contribution in [0.2, 0.25) is 0 Å². The number of halogens is 1. The summed E-state index contributed by atoms with van der Waals surface area (Å²) in [4.78, 5) is 32.2. The Kier molecular flexibility index (Phi) is 9.15. The predicted molar refractivity (Wildman–Crippen MR) is 152 cm³/mol. The Bertz CT molecular complexity index is 1100. The molecule has 38 heavy (non-hydrogen) atoms. The van der Waals surface area contributed by atoms with Crippen molar-refractivity contribution in [3.05, 3.63) is 47.5 Å². The van der Waals surface area contributed by atoms with E-state index in [1.807, 2.05) is 36.4 Å². The van der Waals surface area contributed by atoms with Crippen LogP contribution in [0.1, 0.15) is 60.7 Å². The van der Waals surface area contributed by atoms with E-state index in [0.29, 0.717) is 48.7 Å². The molecular formula is C30H42ClN3O4. The van der Waals surface area contributed by atoms with Crippen LogP contribution in [0.15, 0.2) is 36.4 Å². The molecule has 3 atom stereocenters. The summed E-state index contributed by atoms with van der Waals surface area (Å²) in [5.41, 5.74) is 1.53. The number of ether oxygens (including phenoxy) is 1. The van der Waals surface area contributed by atoms with Gasteiger partial charge in [0.25, 0.3) is 11.8 Å². The molecule has 0 radical (unpaired) electrons. The third-order valence-electron chi connectivity index (χ3n) is 8.30. The van der Waals surface area contributed by atoms with Crippen molar-refractivity contribution >= 4 is 35.0 Å². The van der Waals surface area contributed by atoms with Gasteiger partial charge in [0.1, 0.15) is 0 Å². The summed E-state index contributed by atoms with van der Waals surface area (Å²) in [6.45, 7) is 12.4. The third-order valence-corrected chi connectivity index (χ3v) is 8.30.